The predicted octanol–water partition coefficient (Wildman–Crippen LogP) is 6.15. The molecule has 3 aromatic rings. The molecule has 1 N–H and O–H groups in total. The molecule has 31 heavy (non-hydrogen) atoms. The standard InChI is InChI=1S/C20H14Cl2F3N3O3/c1-11(29)26-10-27-17(13-4-8-15(22)9-5-13)18(28(30)31)16(19(27)20(23,24)25)12-2-6-14(21)7-3-12/h2-9H,10H2,1H3,(H,26,29). The van der Waals surface area contributed by atoms with Crippen LogP contribution in [0.25, 0.3) is 22.4 Å². The highest BCUT2D eigenvalue weighted by molar-refractivity contribution is 6.31. The van der Waals surface area contributed by atoms with Crippen LogP contribution in [0.4, 0.5) is 18.9 Å². The monoisotopic (exact) mass is 471 g/mol. The zero-order chi connectivity index (χ0) is 22.9. The minimum atomic E-state index is -4.97. The van der Waals surface area contributed by atoms with Crippen molar-refractivity contribution in [1.29, 1.82) is 0 Å². The van der Waals surface area contributed by atoms with Gasteiger partial charge in [-0.2, -0.15) is 13.2 Å². The van der Waals surface area contributed by atoms with Crippen LogP contribution in [0.15, 0.2) is 48.5 Å². The molecule has 1 aromatic heterocycles. The average Bonchev–Trinajstić information content (AvgIpc) is 3.03. The van der Waals surface area contributed by atoms with Crippen molar-refractivity contribution in [3.05, 3.63) is 74.4 Å². The van der Waals surface area contributed by atoms with E-state index < -0.39 is 40.6 Å². The number of amides is 1. The summed E-state index contributed by atoms with van der Waals surface area (Å²) in [6, 6.07) is 10.8. The van der Waals surface area contributed by atoms with E-state index in [1.165, 1.54) is 48.5 Å². The summed E-state index contributed by atoms with van der Waals surface area (Å²) < 4.78 is 43.4. The molecular formula is C20H14Cl2F3N3O3. The van der Waals surface area contributed by atoms with E-state index in [2.05, 4.69) is 5.32 Å². The topological polar surface area (TPSA) is 77.2 Å². The first-order valence-electron chi connectivity index (χ1n) is 8.75. The fourth-order valence-corrected chi connectivity index (χ4v) is 3.47. The smallest absolute Gasteiger partial charge is 0.338 e. The molecule has 1 amide bonds. The van der Waals surface area contributed by atoms with Gasteiger partial charge in [-0.25, -0.2) is 0 Å². The Morgan fingerprint density at radius 2 is 1.52 bits per heavy atom. The Morgan fingerprint density at radius 1 is 1.03 bits per heavy atom. The Hall–Kier alpha value is -3.04. The molecular weight excluding hydrogens is 458 g/mol. The molecule has 162 valence electrons. The highest BCUT2D eigenvalue weighted by atomic mass is 35.5. The fourth-order valence-electron chi connectivity index (χ4n) is 3.22. The van der Waals surface area contributed by atoms with E-state index in [1.807, 2.05) is 0 Å². The third-order valence-corrected chi connectivity index (χ3v) is 4.93. The van der Waals surface area contributed by atoms with Crippen LogP contribution >= 0.6 is 23.2 Å². The summed E-state index contributed by atoms with van der Waals surface area (Å²) >= 11 is 11.7. The van der Waals surface area contributed by atoms with Crippen molar-refractivity contribution in [1.82, 2.24) is 9.88 Å². The molecule has 0 bridgehead atoms. The average molecular weight is 472 g/mol. The van der Waals surface area contributed by atoms with Crippen LogP contribution in [0.2, 0.25) is 10.0 Å². The number of nitrogens with one attached hydrogen (secondary N) is 1. The maximum Gasteiger partial charge on any atom is 0.432 e. The third-order valence-electron chi connectivity index (χ3n) is 4.43. The van der Waals surface area contributed by atoms with Gasteiger partial charge in [0.2, 0.25) is 5.91 Å². The third kappa shape index (κ3) is 4.67. The lowest BCUT2D eigenvalue weighted by Gasteiger charge is -2.16. The van der Waals surface area contributed by atoms with Gasteiger partial charge >= 0.3 is 11.9 Å². The van der Waals surface area contributed by atoms with Gasteiger partial charge in [-0.15, -0.1) is 0 Å². The van der Waals surface area contributed by atoms with Crippen molar-refractivity contribution >= 4 is 34.8 Å². The maximum absolute atomic E-state index is 14.2. The van der Waals surface area contributed by atoms with Gasteiger partial charge in [0.15, 0.2) is 0 Å². The van der Waals surface area contributed by atoms with Gasteiger partial charge in [0, 0.05) is 22.5 Å². The molecule has 0 fully saturated rings. The number of hydrogen-bond donors (Lipinski definition) is 1. The number of carbonyl (C=O) groups excluding carboxylic acids is 1. The Morgan fingerprint density at radius 3 is 1.94 bits per heavy atom. The molecule has 1 heterocycles. The van der Waals surface area contributed by atoms with Gasteiger partial charge < -0.3 is 9.88 Å². The summed E-state index contributed by atoms with van der Waals surface area (Å²) in [5, 5.41) is 14.9. The molecule has 0 spiro atoms. The molecule has 11 heteroatoms. The summed E-state index contributed by atoms with van der Waals surface area (Å²) in [6.07, 6.45) is -4.97. The molecule has 3 rings (SSSR count). The quantitative estimate of drug-likeness (QED) is 0.358. The van der Waals surface area contributed by atoms with Gasteiger partial charge in [0.05, 0.1) is 17.2 Å². The molecule has 0 aliphatic carbocycles. The summed E-state index contributed by atoms with van der Waals surface area (Å²) in [5.41, 5.74) is -2.85. The molecule has 0 radical (unpaired) electrons. The van der Waals surface area contributed by atoms with Crippen molar-refractivity contribution in [2.24, 2.45) is 0 Å². The van der Waals surface area contributed by atoms with Gasteiger partial charge in [-0.3, -0.25) is 14.9 Å². The van der Waals surface area contributed by atoms with Crippen LogP contribution in [0.1, 0.15) is 12.6 Å². The minimum absolute atomic E-state index is 0.0415. The Labute approximate surface area is 184 Å². The number of nitro groups is 1. The van der Waals surface area contributed by atoms with Crippen molar-refractivity contribution in [2.75, 3.05) is 0 Å². The first-order chi connectivity index (χ1) is 14.5. The highest BCUT2D eigenvalue weighted by Gasteiger charge is 2.45. The summed E-state index contributed by atoms with van der Waals surface area (Å²) in [6.45, 7) is 0.504. The van der Waals surface area contributed by atoms with E-state index in [0.717, 1.165) is 6.92 Å². The van der Waals surface area contributed by atoms with E-state index in [-0.39, 0.29) is 21.8 Å². The van der Waals surface area contributed by atoms with Crippen molar-refractivity contribution in [3.8, 4) is 22.4 Å². The number of benzene rings is 2. The highest BCUT2D eigenvalue weighted by Crippen LogP contribution is 2.49. The van der Waals surface area contributed by atoms with E-state index in [1.54, 1.807) is 0 Å². The molecule has 0 aliphatic rings. The molecule has 0 saturated heterocycles. The summed E-state index contributed by atoms with van der Waals surface area (Å²) in [7, 11) is 0. The number of aromatic nitrogens is 1. The second-order valence-electron chi connectivity index (χ2n) is 6.51. The molecule has 0 saturated carbocycles. The molecule has 2 aromatic carbocycles. The summed E-state index contributed by atoms with van der Waals surface area (Å²) in [4.78, 5) is 22.6. The zero-order valence-corrected chi connectivity index (χ0v) is 17.3. The van der Waals surface area contributed by atoms with Crippen LogP contribution in [-0.4, -0.2) is 15.4 Å². The van der Waals surface area contributed by atoms with E-state index in [4.69, 9.17) is 23.2 Å². The first-order valence-corrected chi connectivity index (χ1v) is 9.50. The SMILES string of the molecule is CC(=O)NCn1c(-c2ccc(Cl)cc2)c([N+](=O)[O-])c(-c2ccc(Cl)cc2)c1C(F)(F)F. The van der Waals surface area contributed by atoms with E-state index in [0.29, 0.717) is 9.59 Å². The van der Waals surface area contributed by atoms with Crippen molar-refractivity contribution in [2.45, 2.75) is 19.8 Å². The number of carbonyl (C=O) groups is 1. The van der Waals surface area contributed by atoms with Crippen LogP contribution in [0.3, 0.4) is 0 Å². The number of nitrogens with zero attached hydrogens (tertiary/aromatic N) is 2. The zero-order valence-electron chi connectivity index (χ0n) is 15.8. The fraction of sp³-hybridized carbons (Fsp3) is 0.150. The van der Waals surface area contributed by atoms with E-state index in [9.17, 15) is 28.1 Å². The Balaban J connectivity index is 2.47. The Bertz CT molecular complexity index is 1140. The normalized spacial score (nSPS) is 11.4. The molecule has 0 unspecified atom stereocenters. The lowest BCUT2D eigenvalue weighted by Crippen LogP contribution is -2.27. The molecule has 0 atom stereocenters. The summed E-state index contributed by atoms with van der Waals surface area (Å²) in [5.74, 6) is -0.598. The second kappa shape index (κ2) is 8.60. The van der Waals surface area contributed by atoms with Crippen LogP contribution in [0, 0.1) is 10.1 Å². The van der Waals surface area contributed by atoms with Crippen LogP contribution in [0.5, 0.6) is 0 Å². The molecule has 6 nitrogen and oxygen atoms in total. The van der Waals surface area contributed by atoms with Crippen molar-refractivity contribution in [3.63, 3.8) is 0 Å². The van der Waals surface area contributed by atoms with Gasteiger partial charge in [0.25, 0.3) is 0 Å². The van der Waals surface area contributed by atoms with Gasteiger partial charge in [0.1, 0.15) is 11.4 Å². The van der Waals surface area contributed by atoms with E-state index >= 15 is 0 Å². The van der Waals surface area contributed by atoms with Crippen molar-refractivity contribution < 1.29 is 22.9 Å². The second-order valence-corrected chi connectivity index (χ2v) is 7.38. The lowest BCUT2D eigenvalue weighted by atomic mass is 10.0. The van der Waals surface area contributed by atoms with Crippen LogP contribution < -0.4 is 5.32 Å². The number of halogens is 5. The molecule has 0 aliphatic heterocycles. The largest absolute Gasteiger partial charge is 0.432 e. The van der Waals surface area contributed by atoms with Crippen LogP contribution in [-0.2, 0) is 17.6 Å². The first kappa shape index (κ1) is 22.6. The van der Waals surface area contributed by atoms with Gasteiger partial charge in [-0.1, -0.05) is 47.5 Å². The number of hydrogen-bond acceptors (Lipinski definition) is 3. The number of alkyl halides is 3. The lowest BCUT2D eigenvalue weighted by molar-refractivity contribution is -0.383. The number of rotatable bonds is 5. The predicted molar refractivity (Wildman–Crippen MR) is 111 cm³/mol. The maximum atomic E-state index is 14.2. The minimum Gasteiger partial charge on any atom is -0.338 e. The Kier molecular flexibility index (Phi) is 6.28. The van der Waals surface area contributed by atoms with Gasteiger partial charge in [-0.05, 0) is 29.8 Å².